The van der Waals surface area contributed by atoms with E-state index in [1.54, 1.807) is 6.07 Å². The number of rotatable bonds is 8. The van der Waals surface area contributed by atoms with Crippen molar-refractivity contribution < 1.29 is 18.7 Å². The van der Waals surface area contributed by atoms with Crippen molar-refractivity contribution in [3.8, 4) is 5.75 Å². The third kappa shape index (κ3) is 5.36. The number of hydrogen-bond donors (Lipinski definition) is 1. The van der Waals surface area contributed by atoms with Gasteiger partial charge in [-0.2, -0.15) is 0 Å². The minimum absolute atomic E-state index is 0.0148. The first-order valence-corrected chi connectivity index (χ1v) is 11.2. The van der Waals surface area contributed by atoms with Crippen LogP contribution in [0.2, 0.25) is 0 Å². The number of carbonyl (C=O) groups is 1. The summed E-state index contributed by atoms with van der Waals surface area (Å²) < 4.78 is 26.8. The van der Waals surface area contributed by atoms with E-state index >= 15 is 0 Å². The standard InChI is InChI=1S/C21H28FN3O3S/c1-13(23-14(2)26)11-27-16-5-7-25(8-6-16)21-24-18-10-19(28-12-15-3-4-15)17(22)9-20(18)29-21/h9-10,13,15-16H,3-8,11-12H2,1-2H3,(H,23,26)/t13-/m0/s1. The first kappa shape index (κ1) is 20.3. The molecule has 1 atom stereocenters. The van der Waals surface area contributed by atoms with Gasteiger partial charge in [-0.15, -0.1) is 0 Å². The predicted molar refractivity (Wildman–Crippen MR) is 112 cm³/mol. The van der Waals surface area contributed by atoms with Gasteiger partial charge in [-0.1, -0.05) is 11.3 Å². The molecule has 1 aliphatic carbocycles. The highest BCUT2D eigenvalue weighted by atomic mass is 32.1. The molecule has 0 bridgehead atoms. The predicted octanol–water partition coefficient (Wildman–Crippen LogP) is 3.73. The van der Waals surface area contributed by atoms with E-state index in [1.165, 1.54) is 37.2 Å². The second-order valence-corrected chi connectivity index (χ2v) is 9.13. The molecule has 1 N–H and O–H groups in total. The largest absolute Gasteiger partial charge is 0.490 e. The van der Waals surface area contributed by atoms with E-state index in [0.29, 0.717) is 24.9 Å². The molecule has 1 saturated carbocycles. The number of benzene rings is 1. The lowest BCUT2D eigenvalue weighted by molar-refractivity contribution is -0.120. The molecular formula is C21H28FN3O3S. The molecule has 8 heteroatoms. The zero-order chi connectivity index (χ0) is 20.4. The zero-order valence-electron chi connectivity index (χ0n) is 16.9. The van der Waals surface area contributed by atoms with E-state index < -0.39 is 0 Å². The van der Waals surface area contributed by atoms with Crippen molar-refractivity contribution >= 4 is 32.6 Å². The second kappa shape index (κ2) is 8.83. The third-order valence-electron chi connectivity index (χ3n) is 5.35. The molecule has 0 unspecified atom stereocenters. The molecule has 1 amide bonds. The summed E-state index contributed by atoms with van der Waals surface area (Å²) in [4.78, 5) is 18.0. The molecule has 2 aromatic rings. The van der Waals surface area contributed by atoms with E-state index in [9.17, 15) is 9.18 Å². The van der Waals surface area contributed by atoms with Crippen molar-refractivity contribution in [1.82, 2.24) is 10.3 Å². The summed E-state index contributed by atoms with van der Waals surface area (Å²) in [6.07, 6.45) is 4.36. The van der Waals surface area contributed by atoms with Gasteiger partial charge in [-0.3, -0.25) is 4.79 Å². The summed E-state index contributed by atoms with van der Waals surface area (Å²) in [7, 11) is 0. The number of ether oxygens (including phenoxy) is 2. The summed E-state index contributed by atoms with van der Waals surface area (Å²) >= 11 is 1.52. The van der Waals surface area contributed by atoms with Crippen molar-refractivity contribution in [2.45, 2.75) is 51.7 Å². The second-order valence-electron chi connectivity index (χ2n) is 8.12. The minimum atomic E-state index is -0.311. The quantitative estimate of drug-likeness (QED) is 0.704. The molecule has 29 heavy (non-hydrogen) atoms. The molecule has 2 aliphatic rings. The summed E-state index contributed by atoms with van der Waals surface area (Å²) in [6.45, 7) is 6.28. The summed E-state index contributed by atoms with van der Waals surface area (Å²) in [6, 6.07) is 3.28. The first-order valence-electron chi connectivity index (χ1n) is 10.3. The van der Waals surface area contributed by atoms with Gasteiger partial charge in [-0.25, -0.2) is 9.37 Å². The van der Waals surface area contributed by atoms with Crippen molar-refractivity contribution in [3.05, 3.63) is 17.9 Å². The number of halogens is 1. The van der Waals surface area contributed by atoms with Crippen LogP contribution in [0.15, 0.2) is 12.1 Å². The topological polar surface area (TPSA) is 63.7 Å². The Morgan fingerprint density at radius 2 is 2.10 bits per heavy atom. The molecule has 158 valence electrons. The Hall–Kier alpha value is -1.93. The fourth-order valence-electron chi connectivity index (χ4n) is 3.54. The third-order valence-corrected chi connectivity index (χ3v) is 6.43. The maximum absolute atomic E-state index is 14.3. The van der Waals surface area contributed by atoms with Crippen molar-refractivity contribution in [2.24, 2.45) is 5.92 Å². The number of amides is 1. The van der Waals surface area contributed by atoms with Gasteiger partial charge >= 0.3 is 0 Å². The molecule has 4 rings (SSSR count). The van der Waals surface area contributed by atoms with E-state index in [1.807, 2.05) is 6.92 Å². The zero-order valence-corrected chi connectivity index (χ0v) is 17.8. The highest BCUT2D eigenvalue weighted by Gasteiger charge is 2.24. The van der Waals surface area contributed by atoms with E-state index in [2.05, 4.69) is 10.2 Å². The number of carbonyl (C=O) groups excluding carboxylic acids is 1. The number of aromatic nitrogens is 1. The van der Waals surface area contributed by atoms with Gasteiger partial charge in [-0.05, 0) is 44.6 Å². The summed E-state index contributed by atoms with van der Waals surface area (Å²) in [5.74, 6) is 0.542. The highest BCUT2D eigenvalue weighted by molar-refractivity contribution is 7.22. The molecule has 6 nitrogen and oxygen atoms in total. The van der Waals surface area contributed by atoms with Gasteiger partial charge < -0.3 is 19.7 Å². The SMILES string of the molecule is CC(=O)N[C@@H](C)COC1CCN(c2nc3cc(OCC4CC4)c(F)cc3s2)CC1. The van der Waals surface area contributed by atoms with Crippen molar-refractivity contribution in [3.63, 3.8) is 0 Å². The van der Waals surface area contributed by atoms with Crippen LogP contribution in [0.5, 0.6) is 5.75 Å². The Labute approximate surface area is 174 Å². The smallest absolute Gasteiger partial charge is 0.217 e. The minimum Gasteiger partial charge on any atom is -0.490 e. The molecule has 1 saturated heterocycles. The van der Waals surface area contributed by atoms with Crippen molar-refractivity contribution in [2.75, 3.05) is 31.2 Å². The Morgan fingerprint density at radius 1 is 1.34 bits per heavy atom. The maximum Gasteiger partial charge on any atom is 0.217 e. The molecule has 1 aromatic heterocycles. The lowest BCUT2D eigenvalue weighted by Crippen LogP contribution is -2.40. The van der Waals surface area contributed by atoms with Crippen LogP contribution in [0.25, 0.3) is 10.2 Å². The van der Waals surface area contributed by atoms with Gasteiger partial charge in [0.25, 0.3) is 0 Å². The summed E-state index contributed by atoms with van der Waals surface area (Å²) in [5, 5.41) is 3.76. The van der Waals surface area contributed by atoms with Crippen LogP contribution in [-0.4, -0.2) is 49.3 Å². The average molecular weight is 422 g/mol. The number of nitrogens with zero attached hydrogens (tertiary/aromatic N) is 2. The van der Waals surface area contributed by atoms with Crippen LogP contribution in [0.4, 0.5) is 9.52 Å². The number of nitrogens with one attached hydrogen (secondary N) is 1. The van der Waals surface area contributed by atoms with Crippen LogP contribution >= 0.6 is 11.3 Å². The number of anilines is 1. The van der Waals surface area contributed by atoms with Gasteiger partial charge in [0.05, 0.1) is 29.5 Å². The number of hydrogen-bond acceptors (Lipinski definition) is 6. The number of piperidine rings is 1. The van der Waals surface area contributed by atoms with Crippen LogP contribution in [0.3, 0.4) is 0 Å². The Kier molecular flexibility index (Phi) is 6.20. The van der Waals surface area contributed by atoms with Crippen molar-refractivity contribution in [1.29, 1.82) is 0 Å². The molecular weight excluding hydrogens is 393 g/mol. The molecule has 0 spiro atoms. The van der Waals surface area contributed by atoms with E-state index in [-0.39, 0.29) is 23.9 Å². The molecule has 1 aromatic carbocycles. The fourth-order valence-corrected chi connectivity index (χ4v) is 4.56. The highest BCUT2D eigenvalue weighted by Crippen LogP contribution is 2.35. The molecule has 2 heterocycles. The molecule has 0 radical (unpaired) electrons. The summed E-state index contributed by atoms with van der Waals surface area (Å²) in [5.41, 5.74) is 0.791. The number of fused-ring (bicyclic) bond motifs is 1. The van der Waals surface area contributed by atoms with E-state index in [4.69, 9.17) is 14.5 Å². The normalized spacial score (nSPS) is 18.8. The van der Waals surface area contributed by atoms with Crippen LogP contribution in [0, 0.1) is 11.7 Å². The lowest BCUT2D eigenvalue weighted by Gasteiger charge is -2.32. The van der Waals surface area contributed by atoms with E-state index in [0.717, 1.165) is 41.3 Å². The molecule has 1 aliphatic heterocycles. The van der Waals surface area contributed by atoms with Crippen LogP contribution in [0.1, 0.15) is 39.5 Å². The Morgan fingerprint density at radius 3 is 2.79 bits per heavy atom. The van der Waals surface area contributed by atoms with Crippen LogP contribution in [-0.2, 0) is 9.53 Å². The van der Waals surface area contributed by atoms with Crippen LogP contribution < -0.4 is 15.0 Å². The van der Waals surface area contributed by atoms with Gasteiger partial charge in [0.15, 0.2) is 16.7 Å². The Bertz CT molecular complexity index is 862. The average Bonchev–Trinajstić information content (AvgIpc) is 3.43. The fraction of sp³-hybridized carbons (Fsp3) is 0.619. The maximum atomic E-state index is 14.3. The van der Waals surface area contributed by atoms with Gasteiger partial charge in [0, 0.05) is 32.1 Å². The molecule has 2 fully saturated rings. The number of thiazole rings is 1. The first-order chi connectivity index (χ1) is 14.0. The van der Waals surface area contributed by atoms with Gasteiger partial charge in [0.2, 0.25) is 5.91 Å². The Balaban J connectivity index is 1.32. The van der Waals surface area contributed by atoms with Gasteiger partial charge in [0.1, 0.15) is 0 Å². The monoisotopic (exact) mass is 421 g/mol. The lowest BCUT2D eigenvalue weighted by atomic mass is 10.1.